The van der Waals surface area contributed by atoms with Crippen LogP contribution in [0.3, 0.4) is 0 Å². The maximum Gasteiger partial charge on any atom is 0.336 e. The highest BCUT2D eigenvalue weighted by atomic mass is 16.5. The summed E-state index contributed by atoms with van der Waals surface area (Å²) >= 11 is 0. The van der Waals surface area contributed by atoms with Crippen molar-refractivity contribution in [1.82, 2.24) is 0 Å². The maximum atomic E-state index is 12.0. The molecule has 0 saturated heterocycles. The largest absolute Gasteiger partial charge is 0.497 e. The van der Waals surface area contributed by atoms with Gasteiger partial charge in [-0.25, -0.2) is 4.79 Å². The molecule has 0 N–H and O–H groups in total. The fourth-order valence-electron chi connectivity index (χ4n) is 2.13. The first-order valence-corrected chi connectivity index (χ1v) is 7.12. The molecule has 0 bridgehead atoms. The van der Waals surface area contributed by atoms with Crippen molar-refractivity contribution in [2.75, 3.05) is 7.11 Å². The maximum absolute atomic E-state index is 12.0. The molecule has 114 valence electrons. The van der Waals surface area contributed by atoms with Gasteiger partial charge in [-0.1, -0.05) is 24.3 Å². The van der Waals surface area contributed by atoms with Crippen molar-refractivity contribution in [1.29, 1.82) is 0 Å². The van der Waals surface area contributed by atoms with E-state index in [1.165, 1.54) is 6.08 Å². The van der Waals surface area contributed by atoms with Gasteiger partial charge in [-0.2, -0.15) is 0 Å². The summed E-state index contributed by atoms with van der Waals surface area (Å²) < 4.78 is 10.6. The van der Waals surface area contributed by atoms with Crippen LogP contribution in [-0.4, -0.2) is 13.1 Å². The van der Waals surface area contributed by atoms with Crippen LogP contribution in [-0.2, 0) is 4.79 Å². The van der Waals surface area contributed by atoms with E-state index >= 15 is 0 Å². The molecule has 3 heteroatoms. The summed E-state index contributed by atoms with van der Waals surface area (Å²) in [6.07, 6.45) is 3.14. The van der Waals surface area contributed by atoms with E-state index in [0.717, 1.165) is 28.0 Å². The van der Waals surface area contributed by atoms with Crippen molar-refractivity contribution >= 4 is 12.0 Å². The van der Waals surface area contributed by atoms with Gasteiger partial charge in [-0.3, -0.25) is 0 Å². The lowest BCUT2D eigenvalue weighted by Gasteiger charge is -2.11. The van der Waals surface area contributed by atoms with Gasteiger partial charge in [0.25, 0.3) is 0 Å². The average molecular weight is 296 g/mol. The molecule has 0 amide bonds. The molecule has 0 saturated carbocycles. The second-order valence-corrected chi connectivity index (χ2v) is 5.18. The zero-order valence-corrected chi connectivity index (χ0v) is 13.3. The van der Waals surface area contributed by atoms with Crippen molar-refractivity contribution in [3.8, 4) is 11.5 Å². The third-order valence-electron chi connectivity index (χ3n) is 3.58. The predicted molar refractivity (Wildman–Crippen MR) is 88.3 cm³/mol. The van der Waals surface area contributed by atoms with E-state index in [0.29, 0.717) is 5.75 Å². The summed E-state index contributed by atoms with van der Waals surface area (Å²) in [5.41, 5.74) is 3.92. The SMILES string of the molecule is COc1cccc(/C=C/C(=O)Oc2c(C)ccc(C)c2C)c1. The molecule has 0 fully saturated rings. The van der Waals surface area contributed by atoms with Gasteiger partial charge in [-0.05, 0) is 61.2 Å². The molecule has 0 unspecified atom stereocenters. The number of carbonyl (C=O) groups excluding carboxylic acids is 1. The minimum absolute atomic E-state index is 0.389. The van der Waals surface area contributed by atoms with E-state index in [-0.39, 0.29) is 5.97 Å². The van der Waals surface area contributed by atoms with Crippen molar-refractivity contribution in [2.24, 2.45) is 0 Å². The van der Waals surface area contributed by atoms with Gasteiger partial charge in [0.1, 0.15) is 11.5 Å². The Hall–Kier alpha value is -2.55. The predicted octanol–water partition coefficient (Wildman–Crippen LogP) is 4.24. The van der Waals surface area contributed by atoms with Crippen LogP contribution in [0.2, 0.25) is 0 Å². The van der Waals surface area contributed by atoms with Crippen LogP contribution in [0.25, 0.3) is 6.08 Å². The van der Waals surface area contributed by atoms with Crippen molar-refractivity contribution in [3.63, 3.8) is 0 Å². The Bertz CT molecular complexity index is 715. The van der Waals surface area contributed by atoms with Gasteiger partial charge in [-0.15, -0.1) is 0 Å². The Morgan fingerprint density at radius 2 is 1.77 bits per heavy atom. The minimum atomic E-state index is -0.389. The normalized spacial score (nSPS) is 10.7. The number of ether oxygens (including phenoxy) is 2. The fraction of sp³-hybridized carbons (Fsp3) is 0.211. The van der Waals surface area contributed by atoms with Crippen molar-refractivity contribution < 1.29 is 14.3 Å². The summed E-state index contributed by atoms with van der Waals surface area (Å²) in [4.78, 5) is 12.0. The Balaban J connectivity index is 2.13. The van der Waals surface area contributed by atoms with Gasteiger partial charge < -0.3 is 9.47 Å². The van der Waals surface area contributed by atoms with Crippen LogP contribution in [0, 0.1) is 20.8 Å². The van der Waals surface area contributed by atoms with E-state index in [1.807, 2.05) is 57.2 Å². The smallest absolute Gasteiger partial charge is 0.336 e. The number of hydrogen-bond acceptors (Lipinski definition) is 3. The first-order valence-electron chi connectivity index (χ1n) is 7.12. The molecule has 3 nitrogen and oxygen atoms in total. The molecule has 0 aliphatic rings. The molecule has 0 spiro atoms. The Labute approximate surface area is 131 Å². The quantitative estimate of drug-likeness (QED) is 0.481. The third-order valence-corrected chi connectivity index (χ3v) is 3.58. The monoisotopic (exact) mass is 296 g/mol. The zero-order valence-electron chi connectivity index (χ0n) is 13.3. The molecular formula is C19H20O3. The third kappa shape index (κ3) is 3.76. The van der Waals surface area contributed by atoms with E-state index in [1.54, 1.807) is 13.2 Å². The topological polar surface area (TPSA) is 35.5 Å². The van der Waals surface area contributed by atoms with E-state index < -0.39 is 0 Å². The summed E-state index contributed by atoms with van der Waals surface area (Å²) in [5, 5.41) is 0. The molecular weight excluding hydrogens is 276 g/mol. The summed E-state index contributed by atoms with van der Waals surface area (Å²) in [6, 6.07) is 11.5. The molecule has 0 aliphatic carbocycles. The number of methoxy groups -OCH3 is 1. The lowest BCUT2D eigenvalue weighted by atomic mass is 10.1. The molecule has 22 heavy (non-hydrogen) atoms. The standard InChI is InChI=1S/C19H20O3/c1-13-8-9-14(2)19(15(13)3)22-18(20)11-10-16-6-5-7-17(12-16)21-4/h5-12H,1-4H3/b11-10+. The lowest BCUT2D eigenvalue weighted by molar-refractivity contribution is -0.129. The van der Waals surface area contributed by atoms with E-state index in [9.17, 15) is 4.79 Å². The number of benzene rings is 2. The van der Waals surface area contributed by atoms with Gasteiger partial charge in [0.2, 0.25) is 0 Å². The van der Waals surface area contributed by atoms with E-state index in [2.05, 4.69) is 0 Å². The number of esters is 1. The van der Waals surface area contributed by atoms with Crippen LogP contribution < -0.4 is 9.47 Å². The lowest BCUT2D eigenvalue weighted by Crippen LogP contribution is -2.07. The molecule has 2 rings (SSSR count). The number of carbonyl (C=O) groups is 1. The first-order chi connectivity index (χ1) is 10.5. The van der Waals surface area contributed by atoms with Gasteiger partial charge in [0, 0.05) is 6.08 Å². The Morgan fingerprint density at radius 1 is 1.05 bits per heavy atom. The van der Waals surface area contributed by atoms with Crippen LogP contribution in [0.5, 0.6) is 11.5 Å². The van der Waals surface area contributed by atoms with Gasteiger partial charge in [0.05, 0.1) is 7.11 Å². The number of hydrogen-bond donors (Lipinski definition) is 0. The highest BCUT2D eigenvalue weighted by Crippen LogP contribution is 2.26. The van der Waals surface area contributed by atoms with Gasteiger partial charge >= 0.3 is 5.97 Å². The Morgan fingerprint density at radius 3 is 2.50 bits per heavy atom. The highest BCUT2D eigenvalue weighted by molar-refractivity contribution is 5.89. The minimum Gasteiger partial charge on any atom is -0.497 e. The molecule has 0 heterocycles. The second-order valence-electron chi connectivity index (χ2n) is 5.18. The van der Waals surface area contributed by atoms with Gasteiger partial charge in [0.15, 0.2) is 0 Å². The molecule has 2 aromatic carbocycles. The van der Waals surface area contributed by atoms with Crippen LogP contribution in [0.15, 0.2) is 42.5 Å². The summed E-state index contributed by atoms with van der Waals surface area (Å²) in [5.74, 6) is 1.00. The Kier molecular flexibility index (Phi) is 4.99. The molecule has 2 aromatic rings. The van der Waals surface area contributed by atoms with Crippen LogP contribution in [0.1, 0.15) is 22.3 Å². The highest BCUT2D eigenvalue weighted by Gasteiger charge is 2.09. The number of rotatable bonds is 4. The summed E-state index contributed by atoms with van der Waals surface area (Å²) in [7, 11) is 1.61. The average Bonchev–Trinajstić information content (AvgIpc) is 2.53. The van der Waals surface area contributed by atoms with Crippen molar-refractivity contribution in [3.05, 3.63) is 64.7 Å². The summed E-state index contributed by atoms with van der Waals surface area (Å²) in [6.45, 7) is 5.88. The molecule has 0 radical (unpaired) electrons. The zero-order chi connectivity index (χ0) is 16.1. The fourth-order valence-corrected chi connectivity index (χ4v) is 2.13. The molecule has 0 atom stereocenters. The van der Waals surface area contributed by atoms with Crippen LogP contribution >= 0.6 is 0 Å². The first kappa shape index (κ1) is 15.8. The number of aryl methyl sites for hydroxylation is 2. The van der Waals surface area contributed by atoms with E-state index in [4.69, 9.17) is 9.47 Å². The van der Waals surface area contributed by atoms with Crippen molar-refractivity contribution in [2.45, 2.75) is 20.8 Å². The van der Waals surface area contributed by atoms with Crippen LogP contribution in [0.4, 0.5) is 0 Å². The molecule has 0 aromatic heterocycles. The molecule has 0 aliphatic heterocycles. The second kappa shape index (κ2) is 6.94.